The Morgan fingerprint density at radius 1 is 1.43 bits per heavy atom. The predicted molar refractivity (Wildman–Crippen MR) is 87.5 cm³/mol. The summed E-state index contributed by atoms with van der Waals surface area (Å²) in [6, 6.07) is 5.29. The number of nitrogens with two attached hydrogens (primary N) is 1. The van der Waals surface area contributed by atoms with E-state index in [1.165, 1.54) is 0 Å². The zero-order valence-electron chi connectivity index (χ0n) is 12.6. The van der Waals surface area contributed by atoms with Crippen molar-refractivity contribution < 1.29 is 9.90 Å². The fourth-order valence-corrected chi connectivity index (χ4v) is 2.45. The number of amides is 1. The summed E-state index contributed by atoms with van der Waals surface area (Å²) < 4.78 is 0. The highest BCUT2D eigenvalue weighted by Gasteiger charge is 2.17. The van der Waals surface area contributed by atoms with Crippen LogP contribution in [0, 0.1) is 0 Å². The van der Waals surface area contributed by atoms with Gasteiger partial charge >= 0.3 is 0 Å². The van der Waals surface area contributed by atoms with E-state index >= 15 is 0 Å². The maximum Gasteiger partial charge on any atom is 0.238 e. The number of aliphatic hydroxyl groups excluding tert-OH is 1. The number of nitrogen functional groups attached to an aromatic ring is 1. The van der Waals surface area contributed by atoms with Crippen molar-refractivity contribution in [2.75, 3.05) is 30.7 Å². The Balaban J connectivity index is 2.66. The van der Waals surface area contributed by atoms with Crippen molar-refractivity contribution in [1.29, 1.82) is 0 Å². The minimum atomic E-state index is -0.128. The van der Waals surface area contributed by atoms with Gasteiger partial charge in [-0.2, -0.15) is 0 Å². The summed E-state index contributed by atoms with van der Waals surface area (Å²) in [6.07, 6.45) is 1.88. The fraction of sp³-hybridized carbons (Fsp3) is 0.533. The van der Waals surface area contributed by atoms with Gasteiger partial charge in [0.2, 0.25) is 5.91 Å². The van der Waals surface area contributed by atoms with Gasteiger partial charge in [-0.15, -0.1) is 0 Å². The maximum atomic E-state index is 12.1. The van der Waals surface area contributed by atoms with Crippen LogP contribution < -0.4 is 11.1 Å². The Kier molecular flexibility index (Phi) is 7.50. The van der Waals surface area contributed by atoms with Crippen LogP contribution in [-0.4, -0.2) is 41.7 Å². The lowest BCUT2D eigenvalue weighted by Gasteiger charge is -2.29. The number of halogens is 1. The van der Waals surface area contributed by atoms with Crippen molar-refractivity contribution in [3.8, 4) is 0 Å². The summed E-state index contributed by atoms with van der Waals surface area (Å²) >= 11 is 5.85. The predicted octanol–water partition coefficient (Wildman–Crippen LogP) is 2.34. The van der Waals surface area contributed by atoms with Crippen LogP contribution in [0.4, 0.5) is 11.4 Å². The van der Waals surface area contributed by atoms with Crippen LogP contribution in [0.3, 0.4) is 0 Å². The molecule has 0 atom stereocenters. The molecule has 21 heavy (non-hydrogen) atoms. The molecule has 5 nitrogen and oxygen atoms in total. The van der Waals surface area contributed by atoms with Crippen molar-refractivity contribution in [1.82, 2.24) is 4.90 Å². The molecule has 0 fully saturated rings. The van der Waals surface area contributed by atoms with Crippen LogP contribution >= 0.6 is 11.6 Å². The molecular formula is C15H24ClN3O2. The molecule has 1 aromatic rings. The van der Waals surface area contributed by atoms with E-state index in [0.717, 1.165) is 12.8 Å². The zero-order valence-corrected chi connectivity index (χ0v) is 13.4. The van der Waals surface area contributed by atoms with Gasteiger partial charge in [-0.25, -0.2) is 0 Å². The Labute approximate surface area is 131 Å². The number of anilines is 2. The van der Waals surface area contributed by atoms with E-state index in [1.54, 1.807) is 18.2 Å². The number of hydrogen-bond donors (Lipinski definition) is 3. The number of nitrogens with zero attached hydrogens (tertiary/aromatic N) is 1. The lowest BCUT2D eigenvalue weighted by atomic mass is 10.1. The lowest BCUT2D eigenvalue weighted by molar-refractivity contribution is -0.118. The second-order valence-electron chi connectivity index (χ2n) is 4.95. The van der Waals surface area contributed by atoms with Crippen molar-refractivity contribution in [2.24, 2.45) is 0 Å². The van der Waals surface area contributed by atoms with Gasteiger partial charge in [-0.1, -0.05) is 25.4 Å². The molecule has 6 heteroatoms. The molecule has 0 saturated carbocycles. The van der Waals surface area contributed by atoms with Gasteiger partial charge in [0.25, 0.3) is 0 Å². The number of nitrogens with one attached hydrogen (secondary N) is 1. The van der Waals surface area contributed by atoms with E-state index in [0.29, 0.717) is 22.9 Å². The molecule has 118 valence electrons. The molecule has 0 bridgehead atoms. The highest BCUT2D eigenvalue weighted by molar-refractivity contribution is 6.33. The normalized spacial score (nSPS) is 11.1. The first-order chi connectivity index (χ1) is 10.0. The van der Waals surface area contributed by atoms with Gasteiger partial charge in [-0.3, -0.25) is 9.69 Å². The van der Waals surface area contributed by atoms with Crippen molar-refractivity contribution in [3.63, 3.8) is 0 Å². The maximum absolute atomic E-state index is 12.1. The molecule has 0 radical (unpaired) electrons. The Bertz CT molecular complexity index is 464. The number of hydrogen-bond acceptors (Lipinski definition) is 4. The number of carbonyl (C=O) groups is 1. The highest BCUT2D eigenvalue weighted by atomic mass is 35.5. The fourth-order valence-electron chi connectivity index (χ4n) is 2.33. The van der Waals surface area contributed by atoms with E-state index in [2.05, 4.69) is 19.2 Å². The smallest absolute Gasteiger partial charge is 0.238 e. The number of carbonyl (C=O) groups excluding carboxylic acids is 1. The Hall–Kier alpha value is -1.30. The van der Waals surface area contributed by atoms with Crippen LogP contribution in [0.1, 0.15) is 26.7 Å². The molecule has 0 aliphatic carbocycles. The zero-order chi connectivity index (χ0) is 15.8. The molecule has 0 aromatic heterocycles. The second-order valence-corrected chi connectivity index (χ2v) is 5.36. The third-order valence-electron chi connectivity index (χ3n) is 3.47. The highest BCUT2D eigenvalue weighted by Crippen LogP contribution is 2.22. The quantitative estimate of drug-likeness (QED) is 0.644. The molecule has 0 spiro atoms. The van der Waals surface area contributed by atoms with Crippen molar-refractivity contribution >= 4 is 28.9 Å². The van der Waals surface area contributed by atoms with Crippen LogP contribution in [0.5, 0.6) is 0 Å². The standard InChI is InChI=1S/C15H24ClN3O2/c1-3-12(4-2)19(7-8-20)10-15(21)18-11-5-6-13(16)14(17)9-11/h5-6,9,12,20H,3-4,7-8,10,17H2,1-2H3,(H,18,21). The van der Waals surface area contributed by atoms with Gasteiger partial charge in [0.15, 0.2) is 0 Å². The van der Waals surface area contributed by atoms with E-state index in [1.807, 2.05) is 4.90 Å². The third-order valence-corrected chi connectivity index (χ3v) is 3.82. The van der Waals surface area contributed by atoms with Gasteiger partial charge in [-0.05, 0) is 31.0 Å². The average Bonchev–Trinajstić information content (AvgIpc) is 2.44. The Morgan fingerprint density at radius 2 is 2.10 bits per heavy atom. The molecule has 1 rings (SSSR count). The molecule has 4 N–H and O–H groups in total. The van der Waals surface area contributed by atoms with Gasteiger partial charge in [0, 0.05) is 18.3 Å². The molecule has 0 unspecified atom stereocenters. The average molecular weight is 314 g/mol. The first-order valence-corrected chi connectivity index (χ1v) is 7.59. The first-order valence-electron chi connectivity index (χ1n) is 7.21. The molecule has 0 aliphatic heterocycles. The van der Waals surface area contributed by atoms with Gasteiger partial charge < -0.3 is 16.2 Å². The topological polar surface area (TPSA) is 78.6 Å². The molecule has 0 aliphatic rings. The van der Waals surface area contributed by atoms with Gasteiger partial charge in [0.1, 0.15) is 0 Å². The van der Waals surface area contributed by atoms with E-state index in [4.69, 9.17) is 22.4 Å². The van der Waals surface area contributed by atoms with Crippen LogP contribution in [0.15, 0.2) is 18.2 Å². The molecule has 0 heterocycles. The van der Waals surface area contributed by atoms with Crippen molar-refractivity contribution in [3.05, 3.63) is 23.2 Å². The summed E-state index contributed by atoms with van der Waals surface area (Å²) in [7, 11) is 0. The van der Waals surface area contributed by atoms with E-state index < -0.39 is 0 Å². The number of benzene rings is 1. The van der Waals surface area contributed by atoms with Crippen molar-refractivity contribution in [2.45, 2.75) is 32.7 Å². The largest absolute Gasteiger partial charge is 0.397 e. The SMILES string of the molecule is CCC(CC)N(CCO)CC(=O)Nc1ccc(Cl)c(N)c1. The van der Waals surface area contributed by atoms with Crippen LogP contribution in [0.25, 0.3) is 0 Å². The molecule has 0 saturated heterocycles. The van der Waals surface area contributed by atoms with E-state index in [-0.39, 0.29) is 25.1 Å². The van der Waals surface area contributed by atoms with Crippen LogP contribution in [-0.2, 0) is 4.79 Å². The summed E-state index contributed by atoms with van der Waals surface area (Å²) in [4.78, 5) is 14.1. The summed E-state index contributed by atoms with van der Waals surface area (Å²) in [5.41, 5.74) is 6.76. The summed E-state index contributed by atoms with van der Waals surface area (Å²) in [6.45, 7) is 4.93. The monoisotopic (exact) mass is 313 g/mol. The van der Waals surface area contributed by atoms with E-state index in [9.17, 15) is 4.79 Å². The minimum Gasteiger partial charge on any atom is -0.397 e. The molecule has 1 aromatic carbocycles. The molecule has 1 amide bonds. The Morgan fingerprint density at radius 3 is 2.62 bits per heavy atom. The van der Waals surface area contributed by atoms with Gasteiger partial charge in [0.05, 0.1) is 23.9 Å². The third kappa shape index (κ3) is 5.53. The van der Waals surface area contributed by atoms with Crippen LogP contribution in [0.2, 0.25) is 5.02 Å². The summed E-state index contributed by atoms with van der Waals surface area (Å²) in [5.74, 6) is -0.128. The number of rotatable bonds is 8. The lowest BCUT2D eigenvalue weighted by Crippen LogP contribution is -2.42. The second kappa shape index (κ2) is 8.87. The first kappa shape index (κ1) is 17.8. The number of aliphatic hydroxyl groups is 1. The summed E-state index contributed by atoms with van der Waals surface area (Å²) in [5, 5.41) is 12.4. The minimum absolute atomic E-state index is 0.0394. The molecular weight excluding hydrogens is 290 g/mol.